The average molecular weight is 457 g/mol. The van der Waals surface area contributed by atoms with Crippen LogP contribution >= 0.6 is 0 Å². The van der Waals surface area contributed by atoms with E-state index in [9.17, 15) is 0 Å². The molecule has 0 saturated carbocycles. The van der Waals surface area contributed by atoms with Gasteiger partial charge in [-0.1, -0.05) is 72.3 Å². The van der Waals surface area contributed by atoms with Gasteiger partial charge in [0.15, 0.2) is 0 Å². The molecule has 1 fully saturated rings. The minimum absolute atomic E-state index is 0.140. The lowest BCUT2D eigenvalue weighted by atomic mass is 9.65. The fourth-order valence-corrected chi connectivity index (χ4v) is 7.41. The Morgan fingerprint density at radius 2 is 1.86 bits per heavy atom. The largest absolute Gasteiger partial charge is 0.456 e. The van der Waals surface area contributed by atoms with Gasteiger partial charge in [-0.3, -0.25) is 0 Å². The minimum Gasteiger partial charge on any atom is -0.456 e. The predicted molar refractivity (Wildman–Crippen MR) is 141 cm³/mol. The molecular weight excluding hydrogens is 428 g/mol. The molecule has 2 unspecified atom stereocenters. The summed E-state index contributed by atoms with van der Waals surface area (Å²) in [5.41, 5.74) is 10.3. The van der Waals surface area contributed by atoms with E-state index in [-0.39, 0.29) is 11.6 Å². The van der Waals surface area contributed by atoms with Crippen molar-refractivity contribution in [3.05, 3.63) is 112 Å². The van der Waals surface area contributed by atoms with E-state index < -0.39 is 0 Å². The van der Waals surface area contributed by atoms with Crippen molar-refractivity contribution in [2.75, 3.05) is 13.1 Å². The molecule has 5 heterocycles. The number of nitrogens with zero attached hydrogens (tertiary/aromatic N) is 2. The number of furan rings is 1. The van der Waals surface area contributed by atoms with Gasteiger partial charge in [0.2, 0.25) is 0 Å². The highest BCUT2D eigenvalue weighted by Crippen LogP contribution is 2.58. The summed E-state index contributed by atoms with van der Waals surface area (Å²) in [4.78, 5) is 5.30. The lowest BCUT2D eigenvalue weighted by Gasteiger charge is -2.56. The van der Waals surface area contributed by atoms with E-state index in [1.54, 1.807) is 0 Å². The second-order valence-electron chi connectivity index (χ2n) is 10.8. The third-order valence-electron chi connectivity index (χ3n) is 8.79. The smallest absolute Gasteiger partial charge is 0.137 e. The van der Waals surface area contributed by atoms with E-state index in [0.717, 1.165) is 30.5 Å². The summed E-state index contributed by atoms with van der Waals surface area (Å²) in [5.74, 6) is 0.339. The molecule has 1 saturated heterocycles. The Labute approximate surface area is 205 Å². The van der Waals surface area contributed by atoms with Crippen LogP contribution < -0.4 is 10.6 Å². The number of hydrogen-bond donors (Lipinski definition) is 0. The van der Waals surface area contributed by atoms with Crippen LogP contribution in [0.3, 0.4) is 0 Å². The Hall–Kier alpha value is -3.72. The van der Waals surface area contributed by atoms with E-state index in [2.05, 4.69) is 109 Å². The standard InChI is InChI=1S/C32H28N2O/c1-20-12-16-28-30-26(14-13-23-22-7-4-6-10-29(22)35-31(23)30)32(19-33(28)17-20)25-9-5-3-8-24(25)27-15-11-21(2)18-34(27)32/h3-13,15-17,26,28H,14,18-19H2,1-2H3/t26?,28?,32-/m1/s1. The number of allylic oxidation sites excluding steroid dienone is 4. The van der Waals surface area contributed by atoms with Gasteiger partial charge in [0.05, 0.1) is 11.6 Å². The van der Waals surface area contributed by atoms with Crippen molar-refractivity contribution >= 4 is 28.3 Å². The summed E-state index contributed by atoms with van der Waals surface area (Å²) in [7, 11) is 0. The quantitative estimate of drug-likeness (QED) is 0.472. The zero-order chi connectivity index (χ0) is 23.3. The summed E-state index contributed by atoms with van der Waals surface area (Å²) in [6.45, 7) is 6.41. The van der Waals surface area contributed by atoms with Crippen LogP contribution in [-0.2, 0) is 5.54 Å². The summed E-state index contributed by atoms with van der Waals surface area (Å²) in [6.07, 6.45) is 15.2. The van der Waals surface area contributed by atoms with Crippen LogP contribution in [0.15, 0.2) is 94.6 Å². The molecule has 172 valence electrons. The maximum Gasteiger partial charge on any atom is 0.137 e. The zero-order valence-electron chi connectivity index (χ0n) is 20.2. The molecule has 0 N–H and O–H groups in total. The molecule has 8 rings (SSSR count). The lowest BCUT2D eigenvalue weighted by Crippen LogP contribution is -2.63. The topological polar surface area (TPSA) is 19.6 Å². The molecule has 3 aromatic rings. The summed E-state index contributed by atoms with van der Waals surface area (Å²) in [6, 6.07) is 17.9. The van der Waals surface area contributed by atoms with E-state index in [1.807, 2.05) is 0 Å². The highest BCUT2D eigenvalue weighted by Gasteiger charge is 2.58. The van der Waals surface area contributed by atoms with Gasteiger partial charge in [0.1, 0.15) is 11.0 Å². The molecule has 1 aliphatic carbocycles. The van der Waals surface area contributed by atoms with Crippen LogP contribution in [0.1, 0.15) is 31.4 Å². The maximum absolute atomic E-state index is 6.69. The number of rotatable bonds is 0. The summed E-state index contributed by atoms with van der Waals surface area (Å²) >= 11 is 0. The maximum atomic E-state index is 6.69. The van der Waals surface area contributed by atoms with Gasteiger partial charge in [0, 0.05) is 52.6 Å². The van der Waals surface area contributed by atoms with Crippen molar-refractivity contribution in [2.24, 2.45) is 5.92 Å². The first-order chi connectivity index (χ1) is 17.1. The predicted octanol–water partition coefficient (Wildman–Crippen LogP) is 5.05. The molecule has 1 aromatic heterocycles. The van der Waals surface area contributed by atoms with Gasteiger partial charge >= 0.3 is 0 Å². The SMILES string of the molecule is CC1=CN2C[C@@]3(c4ccccc4C4=CC=C(C)CN43)C3CC=c4c(oc5ccccc45)=C3C2C=C1. The van der Waals surface area contributed by atoms with Crippen molar-refractivity contribution in [2.45, 2.75) is 31.8 Å². The fourth-order valence-electron chi connectivity index (χ4n) is 7.41. The van der Waals surface area contributed by atoms with E-state index in [0.29, 0.717) is 5.92 Å². The molecule has 0 amide bonds. The van der Waals surface area contributed by atoms with Crippen LogP contribution in [0, 0.1) is 5.92 Å². The van der Waals surface area contributed by atoms with Crippen molar-refractivity contribution in [3.8, 4) is 0 Å². The van der Waals surface area contributed by atoms with Crippen LogP contribution in [0.5, 0.6) is 0 Å². The minimum atomic E-state index is -0.140. The van der Waals surface area contributed by atoms with Gasteiger partial charge in [-0.25, -0.2) is 0 Å². The summed E-state index contributed by atoms with van der Waals surface area (Å²) < 4.78 is 6.69. The van der Waals surface area contributed by atoms with Crippen molar-refractivity contribution in [1.29, 1.82) is 0 Å². The average Bonchev–Trinajstić information content (AvgIpc) is 3.38. The number of hydrogen-bond acceptors (Lipinski definition) is 3. The first-order valence-corrected chi connectivity index (χ1v) is 12.7. The first kappa shape index (κ1) is 19.6. The Balaban J connectivity index is 1.47. The van der Waals surface area contributed by atoms with Crippen molar-refractivity contribution in [3.63, 3.8) is 0 Å². The van der Waals surface area contributed by atoms with Gasteiger partial charge < -0.3 is 14.2 Å². The summed E-state index contributed by atoms with van der Waals surface area (Å²) in [5, 5.41) is 2.51. The molecule has 5 aliphatic rings. The number of fused-ring (bicyclic) bond motifs is 12. The van der Waals surface area contributed by atoms with Crippen LogP contribution in [0.25, 0.3) is 28.3 Å². The highest BCUT2D eigenvalue weighted by molar-refractivity contribution is 5.83. The van der Waals surface area contributed by atoms with Crippen molar-refractivity contribution < 1.29 is 4.42 Å². The molecule has 3 nitrogen and oxygen atoms in total. The molecule has 4 aliphatic heterocycles. The molecule has 2 aromatic carbocycles. The second-order valence-corrected chi connectivity index (χ2v) is 10.8. The molecule has 0 radical (unpaired) electrons. The normalized spacial score (nSPS) is 27.9. The van der Waals surface area contributed by atoms with Crippen LogP contribution in [0.4, 0.5) is 0 Å². The lowest BCUT2D eigenvalue weighted by molar-refractivity contribution is 0.0608. The number of para-hydroxylation sites is 1. The second kappa shape index (κ2) is 6.69. The molecule has 3 heteroatoms. The Morgan fingerprint density at radius 3 is 2.80 bits per heavy atom. The first-order valence-electron chi connectivity index (χ1n) is 12.7. The molecule has 1 spiro atoms. The zero-order valence-corrected chi connectivity index (χ0v) is 20.2. The van der Waals surface area contributed by atoms with Gasteiger partial charge in [-0.15, -0.1) is 0 Å². The third-order valence-corrected chi connectivity index (χ3v) is 8.79. The van der Waals surface area contributed by atoms with E-state index in [1.165, 1.54) is 44.1 Å². The van der Waals surface area contributed by atoms with E-state index >= 15 is 0 Å². The van der Waals surface area contributed by atoms with E-state index in [4.69, 9.17) is 4.42 Å². The van der Waals surface area contributed by atoms with Crippen LogP contribution in [-0.4, -0.2) is 28.9 Å². The third kappa shape index (κ3) is 2.41. The van der Waals surface area contributed by atoms with Crippen LogP contribution in [0.2, 0.25) is 0 Å². The number of benzene rings is 2. The Kier molecular flexibility index (Phi) is 3.74. The monoisotopic (exact) mass is 456 g/mol. The van der Waals surface area contributed by atoms with Gasteiger partial charge in [-0.05, 0) is 43.5 Å². The Morgan fingerprint density at radius 1 is 1.00 bits per heavy atom. The van der Waals surface area contributed by atoms with Gasteiger partial charge in [0.25, 0.3) is 0 Å². The molecular formula is C32H28N2O. The molecule has 0 bridgehead atoms. The highest BCUT2D eigenvalue weighted by atomic mass is 16.3. The van der Waals surface area contributed by atoms with Crippen molar-refractivity contribution in [1.82, 2.24) is 9.80 Å². The Bertz CT molecular complexity index is 1680. The van der Waals surface area contributed by atoms with Gasteiger partial charge in [-0.2, -0.15) is 0 Å². The molecule has 3 atom stereocenters. The fraction of sp³-hybridized carbons (Fsp3) is 0.250. The molecule has 35 heavy (non-hydrogen) atoms. The number of piperidine rings is 1.